The number of sulfone groups is 1. The van der Waals surface area contributed by atoms with Crippen LogP contribution in [0.25, 0.3) is 11.1 Å². The topological polar surface area (TPSA) is 77.4 Å². The molecule has 0 amide bonds. The molecular formula is C20H26N2O4S. The molecule has 1 N–H and O–H groups in total. The minimum absolute atomic E-state index is 0.0300. The number of anilines is 1. The molecule has 2 heterocycles. The molecular weight excluding hydrogens is 364 g/mol. The Bertz CT molecular complexity index is 1030. The van der Waals surface area contributed by atoms with Gasteiger partial charge in [-0.3, -0.25) is 4.79 Å². The normalized spacial score (nSPS) is 16.4. The summed E-state index contributed by atoms with van der Waals surface area (Å²) in [5, 5.41) is 3.21. The minimum Gasteiger partial charge on any atom is -0.488 e. The molecule has 0 saturated heterocycles. The number of aromatic nitrogens is 1. The molecule has 1 atom stereocenters. The third kappa shape index (κ3) is 3.88. The first-order valence-corrected chi connectivity index (χ1v) is 11.1. The van der Waals surface area contributed by atoms with Crippen LogP contribution in [-0.4, -0.2) is 31.9 Å². The first-order valence-electron chi connectivity index (χ1n) is 9.18. The average Bonchev–Trinajstić information content (AvgIpc) is 2.62. The Morgan fingerprint density at radius 3 is 2.70 bits per heavy atom. The van der Waals surface area contributed by atoms with E-state index in [9.17, 15) is 13.2 Å². The lowest BCUT2D eigenvalue weighted by Gasteiger charge is -2.27. The number of aryl methyl sites for hydroxylation is 2. The van der Waals surface area contributed by atoms with E-state index in [0.29, 0.717) is 18.0 Å². The van der Waals surface area contributed by atoms with Gasteiger partial charge in [0, 0.05) is 25.1 Å². The molecule has 1 aromatic carbocycles. The zero-order valence-corrected chi connectivity index (χ0v) is 17.0. The van der Waals surface area contributed by atoms with Gasteiger partial charge in [0.15, 0.2) is 15.6 Å². The number of ether oxygens (including phenoxy) is 1. The maximum absolute atomic E-state index is 12.6. The highest BCUT2D eigenvalue weighted by molar-refractivity contribution is 7.90. The number of hydrogen-bond donors (Lipinski definition) is 1. The van der Waals surface area contributed by atoms with E-state index in [4.69, 9.17) is 4.74 Å². The van der Waals surface area contributed by atoms with Gasteiger partial charge in [0.25, 0.3) is 5.56 Å². The maximum Gasteiger partial charge on any atom is 0.277 e. The number of benzene rings is 1. The van der Waals surface area contributed by atoms with Gasteiger partial charge in [-0.2, -0.15) is 0 Å². The first-order chi connectivity index (χ1) is 12.7. The Kier molecular flexibility index (Phi) is 5.33. The third-order valence-electron chi connectivity index (χ3n) is 4.80. The predicted octanol–water partition coefficient (Wildman–Crippen LogP) is 2.99. The van der Waals surface area contributed by atoms with Crippen LogP contribution in [0.5, 0.6) is 5.75 Å². The van der Waals surface area contributed by atoms with Crippen LogP contribution in [-0.2, 0) is 23.3 Å². The van der Waals surface area contributed by atoms with Crippen LogP contribution in [0.1, 0.15) is 32.3 Å². The van der Waals surface area contributed by atoms with Gasteiger partial charge in [0.05, 0.1) is 10.9 Å². The molecule has 0 bridgehead atoms. The van der Waals surface area contributed by atoms with Crippen LogP contribution >= 0.6 is 0 Å². The van der Waals surface area contributed by atoms with Gasteiger partial charge >= 0.3 is 0 Å². The van der Waals surface area contributed by atoms with Gasteiger partial charge in [-0.15, -0.1) is 0 Å². The Morgan fingerprint density at radius 1 is 1.30 bits per heavy atom. The van der Waals surface area contributed by atoms with Crippen LogP contribution in [0.15, 0.2) is 34.1 Å². The average molecular weight is 391 g/mol. The quantitative estimate of drug-likeness (QED) is 0.849. The summed E-state index contributed by atoms with van der Waals surface area (Å²) in [7, 11) is -1.65. The second kappa shape index (κ2) is 7.38. The summed E-state index contributed by atoms with van der Waals surface area (Å²) in [4.78, 5) is 12.8. The zero-order valence-electron chi connectivity index (χ0n) is 16.2. The second-order valence-corrected chi connectivity index (χ2v) is 9.23. The molecule has 0 saturated carbocycles. The van der Waals surface area contributed by atoms with E-state index in [0.717, 1.165) is 36.0 Å². The summed E-state index contributed by atoms with van der Waals surface area (Å²) in [6.07, 6.45) is 5.80. The molecule has 7 heteroatoms. The molecule has 6 nitrogen and oxygen atoms in total. The Balaban J connectivity index is 2.27. The summed E-state index contributed by atoms with van der Waals surface area (Å²) in [5.74, 6) is 0.500. The number of fused-ring (bicyclic) bond motifs is 1. The molecule has 0 fully saturated rings. The fourth-order valence-electron chi connectivity index (χ4n) is 3.31. The zero-order chi connectivity index (χ0) is 19.8. The Labute approximate surface area is 160 Å². The van der Waals surface area contributed by atoms with Crippen molar-refractivity contribution >= 4 is 15.5 Å². The van der Waals surface area contributed by atoms with Crippen molar-refractivity contribution < 1.29 is 13.2 Å². The molecule has 146 valence electrons. The second-order valence-electron chi connectivity index (χ2n) is 7.21. The van der Waals surface area contributed by atoms with E-state index >= 15 is 0 Å². The highest BCUT2D eigenvalue weighted by atomic mass is 32.2. The van der Waals surface area contributed by atoms with Crippen LogP contribution in [0.4, 0.5) is 5.69 Å². The van der Waals surface area contributed by atoms with Crippen molar-refractivity contribution in [2.24, 2.45) is 7.05 Å². The largest absolute Gasteiger partial charge is 0.488 e. The van der Waals surface area contributed by atoms with Crippen LogP contribution in [0.2, 0.25) is 0 Å². The lowest BCUT2D eigenvalue weighted by atomic mass is 9.96. The van der Waals surface area contributed by atoms with Gasteiger partial charge in [-0.25, -0.2) is 8.42 Å². The molecule has 0 aliphatic carbocycles. The molecule has 3 rings (SSSR count). The SMILES string of the molecule is CCCCc1ccc(S(C)(=O)=O)cc1-c1cn(C)c(=O)c2c1OCC(C)N2. The van der Waals surface area contributed by atoms with E-state index in [-0.39, 0.29) is 16.5 Å². The van der Waals surface area contributed by atoms with Crippen molar-refractivity contribution in [3.63, 3.8) is 0 Å². The number of hydrogen-bond acceptors (Lipinski definition) is 5. The molecule has 1 aliphatic rings. The molecule has 2 aromatic rings. The molecule has 1 aromatic heterocycles. The Morgan fingerprint density at radius 2 is 2.04 bits per heavy atom. The highest BCUT2D eigenvalue weighted by Gasteiger charge is 2.25. The van der Waals surface area contributed by atoms with Crippen molar-refractivity contribution in [2.45, 2.75) is 44.0 Å². The molecule has 0 radical (unpaired) electrons. The van der Waals surface area contributed by atoms with Crippen molar-refractivity contribution in [1.82, 2.24) is 4.57 Å². The van der Waals surface area contributed by atoms with E-state index in [1.165, 1.54) is 10.8 Å². The predicted molar refractivity (Wildman–Crippen MR) is 107 cm³/mol. The number of rotatable bonds is 5. The first kappa shape index (κ1) is 19.5. The van der Waals surface area contributed by atoms with E-state index in [2.05, 4.69) is 12.2 Å². The van der Waals surface area contributed by atoms with Gasteiger partial charge in [-0.05, 0) is 43.0 Å². The summed E-state index contributed by atoms with van der Waals surface area (Å²) < 4.78 is 31.6. The van der Waals surface area contributed by atoms with Gasteiger partial charge in [-0.1, -0.05) is 19.4 Å². The number of nitrogens with one attached hydrogen (secondary N) is 1. The summed E-state index contributed by atoms with van der Waals surface area (Å²) >= 11 is 0. The van der Waals surface area contributed by atoms with Crippen LogP contribution in [0.3, 0.4) is 0 Å². The van der Waals surface area contributed by atoms with Crippen molar-refractivity contribution in [1.29, 1.82) is 0 Å². The molecule has 27 heavy (non-hydrogen) atoms. The van der Waals surface area contributed by atoms with Crippen molar-refractivity contribution in [2.75, 3.05) is 18.2 Å². The summed E-state index contributed by atoms with van der Waals surface area (Å²) in [6.45, 7) is 4.52. The lowest BCUT2D eigenvalue weighted by molar-refractivity contribution is 0.291. The summed E-state index contributed by atoms with van der Waals surface area (Å²) in [5.41, 5.74) is 2.86. The number of nitrogens with zero attached hydrogens (tertiary/aromatic N) is 1. The molecule has 0 spiro atoms. The minimum atomic E-state index is -3.34. The van der Waals surface area contributed by atoms with Gasteiger partial charge < -0.3 is 14.6 Å². The fourth-order valence-corrected chi connectivity index (χ4v) is 3.95. The number of unbranched alkanes of at least 4 members (excludes halogenated alkanes) is 1. The number of pyridine rings is 1. The standard InChI is InChI=1S/C20H26N2O4S/c1-5-6-7-14-8-9-15(27(4,24)25)10-16(14)17-11-22(3)20(23)18-19(17)26-12-13(2)21-18/h8-11,13,21H,5-7,12H2,1-4H3. The van der Waals surface area contributed by atoms with Crippen molar-refractivity contribution in [3.8, 4) is 16.9 Å². The van der Waals surface area contributed by atoms with Crippen LogP contribution in [0, 0.1) is 0 Å². The van der Waals surface area contributed by atoms with E-state index in [1.54, 1.807) is 25.4 Å². The van der Waals surface area contributed by atoms with Gasteiger partial charge in [0.1, 0.15) is 12.3 Å². The third-order valence-corrected chi connectivity index (χ3v) is 5.91. The van der Waals surface area contributed by atoms with Crippen molar-refractivity contribution in [3.05, 3.63) is 40.3 Å². The Hall–Kier alpha value is -2.28. The van der Waals surface area contributed by atoms with Gasteiger partial charge in [0.2, 0.25) is 0 Å². The maximum atomic E-state index is 12.6. The highest BCUT2D eigenvalue weighted by Crippen LogP contribution is 2.39. The summed E-state index contributed by atoms with van der Waals surface area (Å²) in [6, 6.07) is 5.25. The lowest BCUT2D eigenvalue weighted by Crippen LogP contribution is -2.34. The smallest absolute Gasteiger partial charge is 0.277 e. The van der Waals surface area contributed by atoms with E-state index < -0.39 is 9.84 Å². The fraction of sp³-hybridized carbons (Fsp3) is 0.450. The van der Waals surface area contributed by atoms with Crippen LogP contribution < -0.4 is 15.6 Å². The molecule has 1 aliphatic heterocycles. The monoisotopic (exact) mass is 390 g/mol. The molecule has 1 unspecified atom stereocenters. The van der Waals surface area contributed by atoms with E-state index in [1.807, 2.05) is 13.0 Å².